The highest BCUT2D eigenvalue weighted by molar-refractivity contribution is 5.51. The van der Waals surface area contributed by atoms with E-state index in [9.17, 15) is 4.39 Å². The molecule has 0 spiro atoms. The number of rotatable bonds is 7. The van der Waals surface area contributed by atoms with E-state index in [1.54, 1.807) is 12.1 Å². The Labute approximate surface area is 169 Å². The van der Waals surface area contributed by atoms with Crippen molar-refractivity contribution in [3.63, 3.8) is 0 Å². The van der Waals surface area contributed by atoms with Crippen LogP contribution < -0.4 is 4.74 Å². The zero-order valence-electron chi connectivity index (χ0n) is 16.5. The lowest BCUT2D eigenvalue weighted by Crippen LogP contribution is -2.48. The quantitative estimate of drug-likeness (QED) is 0.608. The second-order valence-electron chi connectivity index (χ2n) is 7.17. The molecule has 4 rings (SSSR count). The van der Waals surface area contributed by atoms with Gasteiger partial charge in [-0.2, -0.15) is 0 Å². The predicted octanol–water partition coefficient (Wildman–Crippen LogP) is 3.63. The Balaban J connectivity index is 1.26. The molecule has 2 aromatic carbocycles. The highest BCUT2D eigenvalue weighted by Crippen LogP contribution is 2.25. The molecule has 0 amide bonds. The third-order valence-corrected chi connectivity index (χ3v) is 5.26. The van der Waals surface area contributed by atoms with Crippen molar-refractivity contribution >= 4 is 0 Å². The number of para-hydroxylation sites is 1. The lowest BCUT2D eigenvalue weighted by molar-refractivity contribution is 0.0827. The number of aromatic nitrogens is 2. The molecular weight excluding hydrogens is 371 g/mol. The molecule has 1 fully saturated rings. The summed E-state index contributed by atoms with van der Waals surface area (Å²) in [5.41, 5.74) is 0.723. The highest BCUT2D eigenvalue weighted by atomic mass is 19.1. The van der Waals surface area contributed by atoms with Gasteiger partial charge < -0.3 is 9.15 Å². The standard InChI is InChI=1S/C22H25FN4O2/c1-17(21-24-25-22(29-21)18-7-9-19(23)10-8-18)27-13-11-26(12-14-27)15-16-28-20-5-3-2-4-6-20/h2-10,17H,11-16H2,1H3. The topological polar surface area (TPSA) is 54.6 Å². The number of nitrogens with zero attached hydrogens (tertiary/aromatic N) is 4. The molecule has 1 aliphatic rings. The molecule has 1 aliphatic heterocycles. The van der Waals surface area contributed by atoms with E-state index in [0.717, 1.165) is 44.0 Å². The first-order valence-corrected chi connectivity index (χ1v) is 9.92. The number of halogens is 1. The SMILES string of the molecule is CC(c1nnc(-c2ccc(F)cc2)o1)N1CCN(CCOc2ccccc2)CC1. The molecule has 29 heavy (non-hydrogen) atoms. The third kappa shape index (κ3) is 4.99. The van der Waals surface area contributed by atoms with Gasteiger partial charge in [0.15, 0.2) is 0 Å². The molecule has 0 radical (unpaired) electrons. The first-order valence-electron chi connectivity index (χ1n) is 9.92. The van der Waals surface area contributed by atoms with Crippen molar-refractivity contribution in [2.45, 2.75) is 13.0 Å². The minimum atomic E-state index is -0.283. The summed E-state index contributed by atoms with van der Waals surface area (Å²) in [4.78, 5) is 4.75. The monoisotopic (exact) mass is 396 g/mol. The van der Waals surface area contributed by atoms with E-state index < -0.39 is 0 Å². The normalized spacial score (nSPS) is 16.6. The minimum Gasteiger partial charge on any atom is -0.492 e. The number of hydrogen-bond donors (Lipinski definition) is 0. The maximum atomic E-state index is 13.1. The number of ether oxygens (including phenoxy) is 1. The van der Waals surface area contributed by atoms with Crippen LogP contribution in [-0.4, -0.2) is 59.3 Å². The Morgan fingerprint density at radius 3 is 2.45 bits per heavy atom. The van der Waals surface area contributed by atoms with Crippen molar-refractivity contribution in [1.82, 2.24) is 20.0 Å². The molecule has 1 unspecified atom stereocenters. The fourth-order valence-electron chi connectivity index (χ4n) is 3.45. The zero-order valence-corrected chi connectivity index (χ0v) is 16.5. The molecule has 7 heteroatoms. The molecule has 2 heterocycles. The van der Waals surface area contributed by atoms with E-state index in [-0.39, 0.29) is 11.9 Å². The first-order chi connectivity index (χ1) is 14.2. The summed E-state index contributed by atoms with van der Waals surface area (Å²) in [6, 6.07) is 16.0. The van der Waals surface area contributed by atoms with Crippen LogP contribution in [0.4, 0.5) is 4.39 Å². The first kappa shape index (κ1) is 19.5. The smallest absolute Gasteiger partial charge is 0.247 e. The van der Waals surface area contributed by atoms with Crippen LogP contribution >= 0.6 is 0 Å². The van der Waals surface area contributed by atoms with Crippen LogP contribution in [0, 0.1) is 5.82 Å². The van der Waals surface area contributed by atoms with E-state index in [4.69, 9.17) is 9.15 Å². The Hall–Kier alpha value is -2.77. The summed E-state index contributed by atoms with van der Waals surface area (Å²) in [7, 11) is 0. The van der Waals surface area contributed by atoms with Crippen LogP contribution in [0.5, 0.6) is 5.75 Å². The molecule has 0 bridgehead atoms. The third-order valence-electron chi connectivity index (χ3n) is 5.26. The Morgan fingerprint density at radius 1 is 1.00 bits per heavy atom. The molecular formula is C22H25FN4O2. The van der Waals surface area contributed by atoms with Gasteiger partial charge in [0.2, 0.25) is 11.8 Å². The molecule has 3 aromatic rings. The fourth-order valence-corrected chi connectivity index (χ4v) is 3.45. The maximum absolute atomic E-state index is 13.1. The van der Waals surface area contributed by atoms with Crippen LogP contribution in [0.1, 0.15) is 18.9 Å². The van der Waals surface area contributed by atoms with Crippen LogP contribution in [-0.2, 0) is 0 Å². The Morgan fingerprint density at radius 2 is 1.72 bits per heavy atom. The van der Waals surface area contributed by atoms with Crippen molar-refractivity contribution in [3.8, 4) is 17.2 Å². The summed E-state index contributed by atoms with van der Waals surface area (Å²) in [5, 5.41) is 8.33. The van der Waals surface area contributed by atoms with E-state index in [2.05, 4.69) is 26.9 Å². The van der Waals surface area contributed by atoms with Crippen molar-refractivity contribution < 1.29 is 13.5 Å². The van der Waals surface area contributed by atoms with Crippen molar-refractivity contribution in [2.24, 2.45) is 0 Å². The molecule has 0 N–H and O–H groups in total. The van der Waals surface area contributed by atoms with Crippen LogP contribution in [0.3, 0.4) is 0 Å². The average Bonchev–Trinajstić information content (AvgIpc) is 3.25. The van der Waals surface area contributed by atoms with Crippen molar-refractivity contribution in [1.29, 1.82) is 0 Å². The van der Waals surface area contributed by atoms with E-state index in [0.29, 0.717) is 18.4 Å². The van der Waals surface area contributed by atoms with Gasteiger partial charge in [-0.15, -0.1) is 10.2 Å². The highest BCUT2D eigenvalue weighted by Gasteiger charge is 2.25. The lowest BCUT2D eigenvalue weighted by atomic mass is 10.2. The maximum Gasteiger partial charge on any atom is 0.247 e. The number of hydrogen-bond acceptors (Lipinski definition) is 6. The van der Waals surface area contributed by atoms with Gasteiger partial charge in [0.1, 0.15) is 18.2 Å². The Bertz CT molecular complexity index is 893. The second kappa shape index (κ2) is 9.15. The van der Waals surface area contributed by atoms with E-state index in [1.165, 1.54) is 12.1 Å². The van der Waals surface area contributed by atoms with E-state index in [1.807, 2.05) is 30.3 Å². The second-order valence-corrected chi connectivity index (χ2v) is 7.17. The predicted molar refractivity (Wildman–Crippen MR) is 108 cm³/mol. The summed E-state index contributed by atoms with van der Waals surface area (Å²) in [6.07, 6.45) is 0. The number of piperazine rings is 1. The van der Waals surface area contributed by atoms with Crippen LogP contribution in [0.2, 0.25) is 0 Å². The van der Waals surface area contributed by atoms with Crippen molar-refractivity contribution in [2.75, 3.05) is 39.3 Å². The zero-order chi connectivity index (χ0) is 20.1. The molecule has 0 saturated carbocycles. The molecule has 1 atom stereocenters. The van der Waals surface area contributed by atoms with Gasteiger partial charge in [-0.1, -0.05) is 18.2 Å². The van der Waals surface area contributed by atoms with Crippen LogP contribution in [0.25, 0.3) is 11.5 Å². The van der Waals surface area contributed by atoms with Gasteiger partial charge in [0.05, 0.1) is 6.04 Å². The molecule has 0 aliphatic carbocycles. The largest absolute Gasteiger partial charge is 0.492 e. The van der Waals surface area contributed by atoms with Gasteiger partial charge in [-0.3, -0.25) is 9.80 Å². The van der Waals surface area contributed by atoms with Gasteiger partial charge in [-0.05, 0) is 43.3 Å². The van der Waals surface area contributed by atoms with Crippen molar-refractivity contribution in [3.05, 3.63) is 66.3 Å². The summed E-state index contributed by atoms with van der Waals surface area (Å²) < 4.78 is 24.7. The summed E-state index contributed by atoms with van der Waals surface area (Å²) in [6.45, 7) is 7.48. The minimum absolute atomic E-state index is 0.0411. The fraction of sp³-hybridized carbons (Fsp3) is 0.364. The number of benzene rings is 2. The van der Waals surface area contributed by atoms with Gasteiger partial charge in [-0.25, -0.2) is 4.39 Å². The van der Waals surface area contributed by atoms with Gasteiger partial charge in [0, 0.05) is 38.3 Å². The molecule has 1 aromatic heterocycles. The summed E-state index contributed by atoms with van der Waals surface area (Å²) in [5.74, 6) is 1.63. The lowest BCUT2D eigenvalue weighted by Gasteiger charge is -2.36. The van der Waals surface area contributed by atoms with Crippen LogP contribution in [0.15, 0.2) is 59.0 Å². The molecule has 152 valence electrons. The average molecular weight is 396 g/mol. The Kier molecular flexibility index (Phi) is 6.17. The van der Waals surface area contributed by atoms with Gasteiger partial charge >= 0.3 is 0 Å². The van der Waals surface area contributed by atoms with Gasteiger partial charge in [0.25, 0.3) is 0 Å². The molecule has 6 nitrogen and oxygen atoms in total. The molecule has 1 saturated heterocycles. The summed E-state index contributed by atoms with van der Waals surface area (Å²) >= 11 is 0. The van der Waals surface area contributed by atoms with E-state index >= 15 is 0 Å².